The van der Waals surface area contributed by atoms with Gasteiger partial charge < -0.3 is 14.7 Å². The van der Waals surface area contributed by atoms with Gasteiger partial charge in [0, 0.05) is 18.5 Å². The second kappa shape index (κ2) is 6.70. The van der Waals surface area contributed by atoms with E-state index in [9.17, 15) is 14.7 Å². The van der Waals surface area contributed by atoms with E-state index in [1.807, 2.05) is 0 Å². The van der Waals surface area contributed by atoms with Crippen molar-refractivity contribution < 1.29 is 19.4 Å². The average molecular weight is 307 g/mol. The summed E-state index contributed by atoms with van der Waals surface area (Å²) in [5.74, 6) is 5.64. The lowest BCUT2D eigenvalue weighted by atomic mass is 9.79. The van der Waals surface area contributed by atoms with Crippen molar-refractivity contribution in [1.29, 1.82) is 0 Å². The number of carbonyl (C=O) groups is 2. The number of aldehydes is 1. The highest BCUT2D eigenvalue weighted by Crippen LogP contribution is 2.36. The molecule has 2 fully saturated rings. The third-order valence-corrected chi connectivity index (χ3v) is 4.63. The molecule has 5 heteroatoms. The van der Waals surface area contributed by atoms with Crippen LogP contribution in [0.1, 0.15) is 46.5 Å². The van der Waals surface area contributed by atoms with Gasteiger partial charge in [-0.05, 0) is 37.0 Å². The number of carboxylic acid groups (broad SMARTS) is 1. The maximum atomic E-state index is 11.4. The predicted octanol–water partition coefficient (Wildman–Crippen LogP) is 2.54. The van der Waals surface area contributed by atoms with Crippen LogP contribution in [0.25, 0.3) is 0 Å². The lowest BCUT2D eigenvalue weighted by Gasteiger charge is -2.46. The van der Waals surface area contributed by atoms with Crippen LogP contribution in [0.5, 0.6) is 0 Å². The predicted molar refractivity (Wildman–Crippen MR) is 82.4 cm³/mol. The van der Waals surface area contributed by atoms with Crippen LogP contribution >= 0.6 is 0 Å². The van der Waals surface area contributed by atoms with Crippen LogP contribution in [0.4, 0.5) is 4.79 Å². The average Bonchev–Trinajstić information content (AvgIpc) is 2.39. The molecule has 0 spiro atoms. The molecule has 2 aliphatic rings. The molecule has 1 saturated carbocycles. The Hall–Kier alpha value is -1.54. The van der Waals surface area contributed by atoms with Gasteiger partial charge in [-0.3, -0.25) is 4.79 Å². The van der Waals surface area contributed by atoms with Crippen LogP contribution in [0.2, 0.25) is 0 Å². The summed E-state index contributed by atoms with van der Waals surface area (Å²) in [6, 6.07) is -0.0190. The maximum Gasteiger partial charge on any atom is 0.407 e. The van der Waals surface area contributed by atoms with Gasteiger partial charge in [-0.2, -0.15) is 0 Å². The van der Waals surface area contributed by atoms with E-state index in [0.29, 0.717) is 12.8 Å². The standard InChI is InChI=1S/C17H25NO4/c1-17(2,3)15-11-13(6-7-18(15)16(20)21)22-14-9-12(10-14)5-4-8-19/h8,12-15H,6-7,9-11H2,1-3H3,(H,20,21). The van der Waals surface area contributed by atoms with Crippen LogP contribution in [0.15, 0.2) is 0 Å². The van der Waals surface area contributed by atoms with E-state index in [1.165, 1.54) is 0 Å². The SMILES string of the molecule is CC(C)(C)C1CC(OC2CC(C#CC=O)C2)CCN1C(=O)O. The van der Waals surface area contributed by atoms with Gasteiger partial charge in [-0.25, -0.2) is 4.79 Å². The number of hydrogen-bond acceptors (Lipinski definition) is 3. The Morgan fingerprint density at radius 1 is 1.27 bits per heavy atom. The first-order valence-corrected chi connectivity index (χ1v) is 7.91. The Morgan fingerprint density at radius 2 is 1.95 bits per heavy atom. The Morgan fingerprint density at radius 3 is 2.50 bits per heavy atom. The lowest BCUT2D eigenvalue weighted by molar-refractivity contribution is -0.104. The van der Waals surface area contributed by atoms with Crippen molar-refractivity contribution in [2.45, 2.75) is 64.7 Å². The number of rotatable bonds is 2. The van der Waals surface area contributed by atoms with Gasteiger partial charge in [0.25, 0.3) is 0 Å². The summed E-state index contributed by atoms with van der Waals surface area (Å²) in [6.07, 6.45) is 3.35. The van der Waals surface area contributed by atoms with Gasteiger partial charge in [0.2, 0.25) is 0 Å². The van der Waals surface area contributed by atoms with E-state index in [-0.39, 0.29) is 29.6 Å². The molecule has 22 heavy (non-hydrogen) atoms. The molecule has 1 N–H and O–H groups in total. The van der Waals surface area contributed by atoms with Gasteiger partial charge in [0.05, 0.1) is 12.2 Å². The molecule has 1 saturated heterocycles. The monoisotopic (exact) mass is 307 g/mol. The van der Waals surface area contributed by atoms with Crippen LogP contribution in [-0.4, -0.2) is 47.2 Å². The van der Waals surface area contributed by atoms with Crippen molar-refractivity contribution in [1.82, 2.24) is 4.90 Å². The fraction of sp³-hybridized carbons (Fsp3) is 0.765. The molecule has 0 radical (unpaired) electrons. The molecular weight excluding hydrogens is 282 g/mol. The smallest absolute Gasteiger partial charge is 0.407 e. The van der Waals surface area contributed by atoms with E-state index in [4.69, 9.17) is 4.74 Å². The van der Waals surface area contributed by atoms with Crippen LogP contribution in [0.3, 0.4) is 0 Å². The molecule has 5 nitrogen and oxygen atoms in total. The Labute approximate surface area is 132 Å². The summed E-state index contributed by atoms with van der Waals surface area (Å²) in [5.41, 5.74) is -0.0992. The number of hydrogen-bond donors (Lipinski definition) is 1. The molecule has 1 aliphatic carbocycles. The van der Waals surface area contributed by atoms with Gasteiger partial charge in [0.1, 0.15) is 0 Å². The van der Waals surface area contributed by atoms with E-state index in [0.717, 1.165) is 25.7 Å². The van der Waals surface area contributed by atoms with E-state index >= 15 is 0 Å². The minimum Gasteiger partial charge on any atom is -0.465 e. The quantitative estimate of drug-likeness (QED) is 0.629. The first-order valence-electron chi connectivity index (χ1n) is 7.91. The van der Waals surface area contributed by atoms with Crippen molar-refractivity contribution in [3.8, 4) is 11.8 Å². The minimum atomic E-state index is -0.841. The summed E-state index contributed by atoms with van der Waals surface area (Å²) >= 11 is 0. The summed E-state index contributed by atoms with van der Waals surface area (Å²) in [7, 11) is 0. The zero-order chi connectivity index (χ0) is 16.3. The first kappa shape index (κ1) is 16.8. The number of likely N-dealkylation sites (tertiary alicyclic amines) is 1. The van der Waals surface area contributed by atoms with Gasteiger partial charge in [0.15, 0.2) is 6.29 Å². The molecule has 2 unspecified atom stereocenters. The third-order valence-electron chi connectivity index (χ3n) is 4.63. The summed E-state index contributed by atoms with van der Waals surface area (Å²) in [4.78, 5) is 23.2. The molecule has 1 heterocycles. The molecule has 0 aromatic carbocycles. The van der Waals surface area contributed by atoms with Crippen LogP contribution in [0, 0.1) is 23.2 Å². The number of carbonyl (C=O) groups excluding carboxylic acids is 1. The van der Waals surface area contributed by atoms with Gasteiger partial charge >= 0.3 is 6.09 Å². The highest BCUT2D eigenvalue weighted by Gasteiger charge is 2.40. The molecule has 1 amide bonds. The fourth-order valence-corrected chi connectivity index (χ4v) is 3.33. The molecular formula is C17H25NO4. The largest absolute Gasteiger partial charge is 0.465 e. The number of nitrogens with zero attached hydrogens (tertiary/aromatic N) is 1. The van der Waals surface area contributed by atoms with Crippen LogP contribution in [-0.2, 0) is 9.53 Å². The zero-order valence-corrected chi connectivity index (χ0v) is 13.5. The van der Waals surface area contributed by atoms with Crippen molar-refractivity contribution >= 4 is 12.4 Å². The lowest BCUT2D eigenvalue weighted by Crippen LogP contribution is -2.54. The van der Waals surface area contributed by atoms with Crippen molar-refractivity contribution in [3.05, 3.63) is 0 Å². The van der Waals surface area contributed by atoms with Gasteiger partial charge in [-0.15, -0.1) is 0 Å². The summed E-state index contributed by atoms with van der Waals surface area (Å²) in [6.45, 7) is 6.75. The highest BCUT2D eigenvalue weighted by molar-refractivity contribution is 5.72. The highest BCUT2D eigenvalue weighted by atomic mass is 16.5. The number of piperidine rings is 1. The van der Waals surface area contributed by atoms with Crippen molar-refractivity contribution in [3.63, 3.8) is 0 Å². The second-order valence-corrected chi connectivity index (χ2v) is 7.34. The topological polar surface area (TPSA) is 66.8 Å². The molecule has 0 aromatic heterocycles. The fourth-order valence-electron chi connectivity index (χ4n) is 3.33. The minimum absolute atomic E-state index is 0.0190. The zero-order valence-electron chi connectivity index (χ0n) is 13.5. The number of amides is 1. The molecule has 1 aliphatic heterocycles. The Bertz CT molecular complexity index is 479. The molecule has 0 aromatic rings. The normalized spacial score (nSPS) is 31.7. The van der Waals surface area contributed by atoms with Crippen LogP contribution < -0.4 is 0 Å². The first-order chi connectivity index (χ1) is 10.3. The van der Waals surface area contributed by atoms with Gasteiger partial charge in [-0.1, -0.05) is 26.7 Å². The second-order valence-electron chi connectivity index (χ2n) is 7.34. The summed E-state index contributed by atoms with van der Waals surface area (Å²) in [5, 5.41) is 9.36. The van der Waals surface area contributed by atoms with E-state index in [2.05, 4.69) is 32.6 Å². The molecule has 122 valence electrons. The van der Waals surface area contributed by atoms with Crippen molar-refractivity contribution in [2.75, 3.05) is 6.54 Å². The Kier molecular flexibility index (Phi) is 5.12. The molecule has 2 rings (SSSR count). The number of ether oxygens (including phenoxy) is 1. The third kappa shape index (κ3) is 4.01. The maximum absolute atomic E-state index is 11.4. The van der Waals surface area contributed by atoms with E-state index in [1.54, 1.807) is 4.90 Å². The van der Waals surface area contributed by atoms with Crippen molar-refractivity contribution in [2.24, 2.45) is 11.3 Å². The molecule has 2 atom stereocenters. The molecule has 0 bridgehead atoms. The Balaban J connectivity index is 1.87. The summed E-state index contributed by atoms with van der Waals surface area (Å²) < 4.78 is 6.12. The van der Waals surface area contributed by atoms with E-state index < -0.39 is 6.09 Å².